The van der Waals surface area contributed by atoms with Crippen LogP contribution in [0.5, 0.6) is 0 Å². The van der Waals surface area contributed by atoms with Crippen molar-refractivity contribution in [1.82, 2.24) is 28.9 Å². The van der Waals surface area contributed by atoms with Crippen LogP contribution in [0.2, 0.25) is 0 Å². The predicted octanol–water partition coefficient (Wildman–Crippen LogP) is 5.30. The van der Waals surface area contributed by atoms with E-state index in [4.69, 9.17) is 9.72 Å². The zero-order chi connectivity index (χ0) is 25.6. The van der Waals surface area contributed by atoms with Crippen molar-refractivity contribution >= 4 is 22.1 Å². The molecule has 0 unspecified atom stereocenters. The molecule has 1 aromatic carbocycles. The highest BCUT2D eigenvalue weighted by atomic mass is 19.1. The van der Waals surface area contributed by atoms with Gasteiger partial charge >= 0.3 is 5.69 Å². The van der Waals surface area contributed by atoms with Gasteiger partial charge in [-0.25, -0.2) is 9.78 Å². The number of aryl methyl sites for hydroxylation is 2. The fraction of sp³-hybridized carbons (Fsp3) is 0.393. The van der Waals surface area contributed by atoms with E-state index in [1.54, 1.807) is 31.1 Å². The summed E-state index contributed by atoms with van der Waals surface area (Å²) >= 11 is 0. The summed E-state index contributed by atoms with van der Waals surface area (Å²) in [7, 11) is 3.50. The molecule has 190 valence electrons. The van der Waals surface area contributed by atoms with E-state index in [0.717, 1.165) is 64.4 Å². The summed E-state index contributed by atoms with van der Waals surface area (Å²) in [4.78, 5) is 21.6. The summed E-state index contributed by atoms with van der Waals surface area (Å²) in [6.07, 6.45) is 7.57. The Hall–Kier alpha value is -3.72. The molecule has 0 bridgehead atoms. The van der Waals surface area contributed by atoms with Gasteiger partial charge in [0.2, 0.25) is 5.95 Å². The predicted molar refractivity (Wildman–Crippen MR) is 140 cm³/mol. The van der Waals surface area contributed by atoms with E-state index in [0.29, 0.717) is 23.5 Å². The normalized spacial score (nSPS) is 17.4. The van der Waals surface area contributed by atoms with Gasteiger partial charge in [0, 0.05) is 31.9 Å². The minimum absolute atomic E-state index is 0.0402. The van der Waals surface area contributed by atoms with Crippen molar-refractivity contribution in [3.8, 4) is 22.4 Å². The Morgan fingerprint density at radius 1 is 1.19 bits per heavy atom. The Bertz CT molecular complexity index is 1780. The van der Waals surface area contributed by atoms with Crippen molar-refractivity contribution < 1.29 is 9.13 Å². The van der Waals surface area contributed by atoms with Gasteiger partial charge in [0.25, 0.3) is 0 Å². The van der Waals surface area contributed by atoms with Crippen LogP contribution in [0, 0.1) is 5.95 Å². The second-order valence-corrected chi connectivity index (χ2v) is 10.9. The number of H-pyrrole nitrogens is 1. The Morgan fingerprint density at radius 3 is 2.70 bits per heavy atom. The lowest BCUT2D eigenvalue weighted by Gasteiger charge is -2.18. The zero-order valence-corrected chi connectivity index (χ0v) is 21.4. The highest BCUT2D eigenvalue weighted by Crippen LogP contribution is 2.45. The first-order valence-electron chi connectivity index (χ1n) is 12.8. The molecule has 0 saturated heterocycles. The number of aromatic nitrogens is 6. The van der Waals surface area contributed by atoms with Crippen LogP contribution in [0.15, 0.2) is 35.4 Å². The molecule has 5 heterocycles. The molecule has 9 heteroatoms. The fourth-order valence-corrected chi connectivity index (χ4v) is 6.39. The average Bonchev–Trinajstić information content (AvgIpc) is 3.67. The zero-order valence-electron chi connectivity index (χ0n) is 21.4. The standard InChI is InChI=1S/C28H29FN6O2/c1-28(2)19-10-9-15(11-16(19)14-37-28)21-22-24-20(34(4)27(36)35(24)17-7-5-6-8-17)12-30-26(22)31-23(21)18-13-33(3)32-25(18)29/h9-13,17H,5-8,14H2,1-4H3,(H,30,31). The first-order chi connectivity index (χ1) is 17.7. The van der Waals surface area contributed by atoms with Crippen molar-refractivity contribution in [2.24, 2.45) is 14.1 Å². The minimum atomic E-state index is -0.557. The first kappa shape index (κ1) is 22.5. The lowest BCUT2D eigenvalue weighted by molar-refractivity contribution is -0.00789. The summed E-state index contributed by atoms with van der Waals surface area (Å²) in [6, 6.07) is 6.43. The van der Waals surface area contributed by atoms with E-state index in [2.05, 4.69) is 42.1 Å². The van der Waals surface area contributed by atoms with Gasteiger partial charge in [0.1, 0.15) is 5.65 Å². The van der Waals surface area contributed by atoms with Gasteiger partial charge in [-0.05, 0) is 49.4 Å². The number of benzene rings is 1. The van der Waals surface area contributed by atoms with Gasteiger partial charge < -0.3 is 9.72 Å². The molecule has 2 aliphatic rings. The fourth-order valence-electron chi connectivity index (χ4n) is 6.39. The molecule has 1 N–H and O–H groups in total. The second-order valence-electron chi connectivity index (χ2n) is 10.9. The number of nitrogens with one attached hydrogen (secondary N) is 1. The van der Waals surface area contributed by atoms with Gasteiger partial charge in [-0.15, -0.1) is 5.10 Å². The van der Waals surface area contributed by atoms with Crippen molar-refractivity contribution in [3.05, 3.63) is 58.2 Å². The van der Waals surface area contributed by atoms with Crippen LogP contribution in [0.1, 0.15) is 56.7 Å². The summed E-state index contributed by atoms with van der Waals surface area (Å²) in [5, 5.41) is 4.79. The summed E-state index contributed by atoms with van der Waals surface area (Å²) < 4.78 is 26.2. The average molecular weight is 501 g/mol. The van der Waals surface area contributed by atoms with Crippen molar-refractivity contribution in [1.29, 1.82) is 0 Å². The Balaban J connectivity index is 1.62. The van der Waals surface area contributed by atoms with Crippen LogP contribution in [-0.2, 0) is 31.0 Å². The van der Waals surface area contributed by atoms with E-state index in [-0.39, 0.29) is 17.3 Å². The number of rotatable bonds is 3. The third kappa shape index (κ3) is 3.13. The maximum atomic E-state index is 15.1. The van der Waals surface area contributed by atoms with Crippen LogP contribution in [0.25, 0.3) is 44.5 Å². The van der Waals surface area contributed by atoms with E-state index in [9.17, 15) is 4.79 Å². The minimum Gasteiger partial charge on any atom is -0.366 e. The highest BCUT2D eigenvalue weighted by molar-refractivity contribution is 6.14. The van der Waals surface area contributed by atoms with E-state index >= 15 is 4.39 Å². The molecule has 1 aliphatic carbocycles. The largest absolute Gasteiger partial charge is 0.366 e. The molecule has 4 aromatic heterocycles. The van der Waals surface area contributed by atoms with Crippen molar-refractivity contribution in [2.45, 2.75) is 57.8 Å². The number of aromatic amines is 1. The molecule has 1 fully saturated rings. The second kappa shape index (κ2) is 7.64. The number of fused-ring (bicyclic) bond motifs is 4. The molecule has 1 saturated carbocycles. The van der Waals surface area contributed by atoms with E-state index < -0.39 is 5.95 Å². The van der Waals surface area contributed by atoms with Gasteiger partial charge in [-0.1, -0.05) is 25.0 Å². The number of pyridine rings is 1. The van der Waals surface area contributed by atoms with Gasteiger partial charge in [-0.3, -0.25) is 13.8 Å². The number of halogens is 1. The third-order valence-corrected chi connectivity index (χ3v) is 8.24. The quantitative estimate of drug-likeness (QED) is 0.364. The van der Waals surface area contributed by atoms with Crippen LogP contribution >= 0.6 is 0 Å². The maximum absolute atomic E-state index is 15.1. The molecule has 0 atom stereocenters. The number of hydrogen-bond donors (Lipinski definition) is 1. The van der Waals surface area contributed by atoms with Crippen LogP contribution in [0.4, 0.5) is 4.39 Å². The topological polar surface area (TPSA) is 82.7 Å². The molecule has 37 heavy (non-hydrogen) atoms. The number of imidazole rings is 1. The van der Waals surface area contributed by atoms with E-state index in [1.165, 1.54) is 4.68 Å². The monoisotopic (exact) mass is 500 g/mol. The van der Waals surface area contributed by atoms with Gasteiger partial charge in [0.15, 0.2) is 0 Å². The first-order valence-corrected chi connectivity index (χ1v) is 12.8. The summed E-state index contributed by atoms with van der Waals surface area (Å²) in [6.45, 7) is 4.65. The number of ether oxygens (including phenoxy) is 1. The molecular formula is C28H29FN6O2. The lowest BCUT2D eigenvalue weighted by atomic mass is 9.91. The molecule has 8 nitrogen and oxygen atoms in total. The molecule has 0 amide bonds. The smallest absolute Gasteiger partial charge is 0.329 e. The van der Waals surface area contributed by atoms with Gasteiger partial charge in [0.05, 0.1) is 46.1 Å². The highest BCUT2D eigenvalue weighted by Gasteiger charge is 2.33. The number of nitrogens with zero attached hydrogens (tertiary/aromatic N) is 5. The van der Waals surface area contributed by atoms with Crippen LogP contribution in [0.3, 0.4) is 0 Å². The Morgan fingerprint density at radius 2 is 1.97 bits per heavy atom. The van der Waals surface area contributed by atoms with Crippen LogP contribution in [-0.4, -0.2) is 28.9 Å². The molecule has 7 rings (SSSR count). The van der Waals surface area contributed by atoms with Crippen LogP contribution < -0.4 is 5.69 Å². The maximum Gasteiger partial charge on any atom is 0.329 e. The molecular weight excluding hydrogens is 471 g/mol. The molecule has 0 radical (unpaired) electrons. The van der Waals surface area contributed by atoms with Gasteiger partial charge in [-0.2, -0.15) is 4.39 Å². The molecule has 5 aromatic rings. The Labute approximate surface area is 212 Å². The SMILES string of the molecule is Cn1cc(-c2[nH]c3ncc4c(c3c2-c2ccc3c(c2)COC3(C)C)n(C2CCCC2)c(=O)n4C)c(F)n1. The molecule has 1 aliphatic heterocycles. The Kier molecular flexibility index (Phi) is 4.64. The summed E-state index contributed by atoms with van der Waals surface area (Å²) in [5.74, 6) is -0.557. The van der Waals surface area contributed by atoms with Crippen molar-refractivity contribution in [2.75, 3.05) is 0 Å². The third-order valence-electron chi connectivity index (χ3n) is 8.24. The van der Waals surface area contributed by atoms with E-state index in [1.807, 2.05) is 4.57 Å². The molecule has 0 spiro atoms. The lowest BCUT2D eigenvalue weighted by Crippen LogP contribution is -2.24. The van der Waals surface area contributed by atoms with Crippen molar-refractivity contribution in [3.63, 3.8) is 0 Å². The summed E-state index contributed by atoms with van der Waals surface area (Å²) in [5.41, 5.74) is 6.82. The number of hydrogen-bond acceptors (Lipinski definition) is 4.